The molecule has 2 aromatic rings. The van der Waals surface area contributed by atoms with Gasteiger partial charge in [0.1, 0.15) is 5.82 Å². The van der Waals surface area contributed by atoms with Crippen molar-refractivity contribution in [2.75, 3.05) is 6.54 Å². The number of nitrogens with zero attached hydrogens (tertiary/aromatic N) is 1. The van der Waals surface area contributed by atoms with Gasteiger partial charge in [0.2, 0.25) is 0 Å². The van der Waals surface area contributed by atoms with Crippen molar-refractivity contribution >= 4 is 11.0 Å². The van der Waals surface area contributed by atoms with Crippen molar-refractivity contribution in [1.82, 2.24) is 9.55 Å². The lowest BCUT2D eigenvalue weighted by Gasteiger charge is -2.02. The molecular weight excluding hydrogens is 209 g/mol. The van der Waals surface area contributed by atoms with Crippen LogP contribution in [0.25, 0.3) is 11.0 Å². The average Bonchev–Trinajstić information content (AvgIpc) is 2.52. The summed E-state index contributed by atoms with van der Waals surface area (Å²) in [5, 5.41) is 0. The third-order valence-corrected chi connectivity index (χ3v) is 2.64. The Labute approximate surface area is 91.9 Å². The average molecular weight is 223 g/mol. The van der Waals surface area contributed by atoms with E-state index in [4.69, 9.17) is 5.73 Å². The number of hydrogen-bond acceptors (Lipinski definition) is 2. The van der Waals surface area contributed by atoms with Crippen LogP contribution in [0.15, 0.2) is 16.9 Å². The van der Waals surface area contributed by atoms with Crippen LogP contribution in [-0.4, -0.2) is 16.1 Å². The molecule has 0 saturated carbocycles. The maximum absolute atomic E-state index is 13.4. The number of nitrogens with one attached hydrogen (secondary N) is 1. The number of imidazole rings is 1. The molecular formula is C11H14FN3O. The Kier molecular flexibility index (Phi) is 2.78. The topological polar surface area (TPSA) is 63.8 Å². The van der Waals surface area contributed by atoms with Gasteiger partial charge in [-0.25, -0.2) is 9.18 Å². The van der Waals surface area contributed by atoms with Crippen LogP contribution in [0.2, 0.25) is 0 Å². The third kappa shape index (κ3) is 1.74. The molecule has 0 bridgehead atoms. The smallest absolute Gasteiger partial charge is 0.326 e. The molecule has 1 aromatic heterocycles. The fraction of sp³-hybridized carbons (Fsp3) is 0.364. The van der Waals surface area contributed by atoms with Gasteiger partial charge in [-0.15, -0.1) is 0 Å². The van der Waals surface area contributed by atoms with Crippen LogP contribution in [0.4, 0.5) is 4.39 Å². The van der Waals surface area contributed by atoms with E-state index in [1.165, 1.54) is 10.6 Å². The normalized spacial score (nSPS) is 11.2. The number of aryl methyl sites for hydroxylation is 2. The second kappa shape index (κ2) is 4.09. The van der Waals surface area contributed by atoms with Crippen LogP contribution in [0.1, 0.15) is 12.0 Å². The lowest BCUT2D eigenvalue weighted by Crippen LogP contribution is -2.18. The van der Waals surface area contributed by atoms with Crippen molar-refractivity contribution in [3.63, 3.8) is 0 Å². The van der Waals surface area contributed by atoms with Crippen molar-refractivity contribution in [3.05, 3.63) is 34.0 Å². The first-order chi connectivity index (χ1) is 7.63. The van der Waals surface area contributed by atoms with Gasteiger partial charge in [-0.1, -0.05) is 0 Å². The Morgan fingerprint density at radius 1 is 1.50 bits per heavy atom. The number of hydrogen-bond donors (Lipinski definition) is 2. The van der Waals surface area contributed by atoms with Gasteiger partial charge in [0.25, 0.3) is 0 Å². The van der Waals surface area contributed by atoms with Crippen molar-refractivity contribution < 1.29 is 4.39 Å². The summed E-state index contributed by atoms with van der Waals surface area (Å²) in [7, 11) is 0. The molecule has 0 aliphatic carbocycles. The van der Waals surface area contributed by atoms with E-state index in [2.05, 4.69) is 4.98 Å². The van der Waals surface area contributed by atoms with E-state index in [1.807, 2.05) is 0 Å². The Hall–Kier alpha value is -1.62. The van der Waals surface area contributed by atoms with Crippen LogP contribution in [0.5, 0.6) is 0 Å². The summed E-state index contributed by atoms with van der Waals surface area (Å²) < 4.78 is 14.9. The summed E-state index contributed by atoms with van der Waals surface area (Å²) >= 11 is 0. The number of aromatic nitrogens is 2. The summed E-state index contributed by atoms with van der Waals surface area (Å²) in [6, 6.07) is 3.03. The SMILES string of the molecule is Cc1cc2[nH]c(=O)n(CCCN)c2cc1F. The standard InChI is InChI=1S/C11H14FN3O/c1-7-5-9-10(6-8(7)12)15(4-2-3-13)11(16)14-9/h5-6H,2-4,13H2,1H3,(H,14,16). The molecule has 1 heterocycles. The summed E-state index contributed by atoms with van der Waals surface area (Å²) in [6.07, 6.45) is 0.697. The van der Waals surface area contributed by atoms with Crippen molar-refractivity contribution in [2.45, 2.75) is 19.9 Å². The van der Waals surface area contributed by atoms with Gasteiger partial charge < -0.3 is 10.7 Å². The molecule has 86 valence electrons. The van der Waals surface area contributed by atoms with Crippen LogP contribution < -0.4 is 11.4 Å². The third-order valence-electron chi connectivity index (χ3n) is 2.64. The van der Waals surface area contributed by atoms with Gasteiger partial charge in [-0.05, 0) is 31.5 Å². The van der Waals surface area contributed by atoms with Crippen LogP contribution in [-0.2, 0) is 6.54 Å². The second-order valence-electron chi connectivity index (χ2n) is 3.84. The minimum absolute atomic E-state index is 0.214. The highest BCUT2D eigenvalue weighted by atomic mass is 19.1. The molecule has 16 heavy (non-hydrogen) atoms. The van der Waals surface area contributed by atoms with E-state index in [0.717, 1.165) is 0 Å². The Balaban J connectivity index is 2.60. The summed E-state index contributed by atoms with van der Waals surface area (Å²) in [6.45, 7) is 2.69. The van der Waals surface area contributed by atoms with Crippen molar-refractivity contribution in [3.8, 4) is 0 Å². The Morgan fingerprint density at radius 2 is 2.25 bits per heavy atom. The molecule has 0 radical (unpaired) electrons. The molecule has 0 aliphatic heterocycles. The van der Waals surface area contributed by atoms with Crippen LogP contribution >= 0.6 is 0 Å². The maximum Gasteiger partial charge on any atom is 0.326 e. The summed E-state index contributed by atoms with van der Waals surface area (Å²) in [4.78, 5) is 14.3. The maximum atomic E-state index is 13.4. The molecule has 0 fully saturated rings. The van der Waals surface area contributed by atoms with E-state index < -0.39 is 0 Å². The highest BCUT2D eigenvalue weighted by molar-refractivity contribution is 5.76. The number of H-pyrrole nitrogens is 1. The fourth-order valence-corrected chi connectivity index (χ4v) is 1.76. The Bertz CT molecular complexity index is 570. The van der Waals surface area contributed by atoms with Crippen molar-refractivity contribution in [2.24, 2.45) is 5.73 Å². The van der Waals surface area contributed by atoms with Gasteiger partial charge >= 0.3 is 5.69 Å². The lowest BCUT2D eigenvalue weighted by molar-refractivity contribution is 0.615. The number of nitrogens with two attached hydrogens (primary N) is 1. The molecule has 4 nitrogen and oxygen atoms in total. The van der Waals surface area contributed by atoms with Crippen molar-refractivity contribution in [1.29, 1.82) is 0 Å². The summed E-state index contributed by atoms with van der Waals surface area (Å²) in [5.41, 5.74) is 6.97. The molecule has 2 rings (SSSR count). The molecule has 0 unspecified atom stereocenters. The minimum Gasteiger partial charge on any atom is -0.330 e. The highest BCUT2D eigenvalue weighted by Gasteiger charge is 2.08. The quantitative estimate of drug-likeness (QED) is 0.819. The van der Waals surface area contributed by atoms with Gasteiger partial charge in [0.15, 0.2) is 0 Å². The second-order valence-corrected chi connectivity index (χ2v) is 3.84. The molecule has 0 aliphatic rings. The van der Waals surface area contributed by atoms with Gasteiger partial charge in [-0.2, -0.15) is 0 Å². The number of aromatic amines is 1. The number of rotatable bonds is 3. The molecule has 0 spiro atoms. The monoisotopic (exact) mass is 223 g/mol. The van der Waals surface area contributed by atoms with E-state index in [1.54, 1.807) is 13.0 Å². The number of fused-ring (bicyclic) bond motifs is 1. The van der Waals surface area contributed by atoms with Crippen LogP contribution in [0, 0.1) is 12.7 Å². The molecule has 1 aromatic carbocycles. The van der Waals surface area contributed by atoms with E-state index in [0.29, 0.717) is 36.1 Å². The highest BCUT2D eigenvalue weighted by Crippen LogP contribution is 2.16. The van der Waals surface area contributed by atoms with Gasteiger partial charge in [-0.3, -0.25) is 4.57 Å². The van der Waals surface area contributed by atoms with E-state index in [-0.39, 0.29) is 11.5 Å². The first-order valence-corrected chi connectivity index (χ1v) is 5.22. The van der Waals surface area contributed by atoms with Gasteiger partial charge in [0, 0.05) is 12.6 Å². The van der Waals surface area contributed by atoms with Gasteiger partial charge in [0.05, 0.1) is 11.0 Å². The number of benzene rings is 1. The zero-order chi connectivity index (χ0) is 11.7. The molecule has 3 N–H and O–H groups in total. The van der Waals surface area contributed by atoms with Crippen LogP contribution in [0.3, 0.4) is 0 Å². The number of halogens is 1. The Morgan fingerprint density at radius 3 is 2.94 bits per heavy atom. The molecule has 0 amide bonds. The lowest BCUT2D eigenvalue weighted by atomic mass is 10.2. The fourth-order valence-electron chi connectivity index (χ4n) is 1.76. The predicted molar refractivity (Wildman–Crippen MR) is 60.9 cm³/mol. The first kappa shape index (κ1) is 10.9. The molecule has 0 saturated heterocycles. The molecule has 5 heteroatoms. The zero-order valence-corrected chi connectivity index (χ0v) is 9.09. The molecule has 0 atom stereocenters. The first-order valence-electron chi connectivity index (χ1n) is 5.22. The van der Waals surface area contributed by atoms with E-state index in [9.17, 15) is 9.18 Å². The predicted octanol–water partition coefficient (Wildman–Crippen LogP) is 1.13. The minimum atomic E-state index is -0.298. The van der Waals surface area contributed by atoms with E-state index >= 15 is 0 Å². The largest absolute Gasteiger partial charge is 0.330 e. The zero-order valence-electron chi connectivity index (χ0n) is 9.09. The summed E-state index contributed by atoms with van der Waals surface area (Å²) in [5.74, 6) is -0.298.